The molecule has 3 aliphatic rings. The number of carbonyl (C=O) groups is 3. The zero-order valence-electron chi connectivity index (χ0n) is 25.9. The second-order valence-corrected chi connectivity index (χ2v) is 12.9. The van der Waals surface area contributed by atoms with Crippen LogP contribution < -0.4 is 0 Å². The van der Waals surface area contributed by atoms with Crippen LogP contribution in [0.5, 0.6) is 0 Å². The Labute approximate surface area is 244 Å². The summed E-state index contributed by atoms with van der Waals surface area (Å²) in [5.41, 5.74) is -0.637. The summed E-state index contributed by atoms with van der Waals surface area (Å²) in [6.07, 6.45) is 0.627. The molecule has 0 saturated carbocycles. The second kappa shape index (κ2) is 14.2. The number of aliphatic hydroxyl groups excluding tert-OH is 2. The number of hydrogen-bond acceptors (Lipinski definition) is 10. The number of aliphatic hydroxyl groups is 2. The van der Waals surface area contributed by atoms with Crippen molar-refractivity contribution in [1.29, 1.82) is 0 Å². The number of rotatable bonds is 6. The lowest BCUT2D eigenvalue weighted by Crippen LogP contribution is -2.56. The van der Waals surface area contributed by atoms with Gasteiger partial charge in [0.2, 0.25) is 0 Å². The zero-order valence-corrected chi connectivity index (χ0v) is 25.9. The van der Waals surface area contributed by atoms with Gasteiger partial charge < -0.3 is 38.9 Å². The molecule has 0 aliphatic carbocycles. The van der Waals surface area contributed by atoms with Gasteiger partial charge in [-0.1, -0.05) is 27.7 Å². The first kappa shape index (κ1) is 33.8. The SMILES string of the molecule is CC[C@@H]1OC(=O)C[C@H](O)[C@H](C)[C@H](O[C@@H]2O[C@H](C)C[C@H](N(C)C)[C@@H]2O)[C@H](CC=O)C[C@H](C)C(=O)/C=C/[C@]2(C)O[C@H]2[C@@H]1C. The standard InChI is InChI=1S/C31H51NO9/c1-9-25-20(5)29-31(6,41-29)12-10-23(34)17(2)14-21(11-13-33)28(19(4)24(35)16-26(36)39-25)40-30-27(37)22(32(7)8)15-18(3)38-30/h10,12-13,17-22,24-25,27-30,35,37H,9,11,14-16H2,1-8H3/b12-10+/t17-,18+,19-,20+,21+,22-,24-,25-,27-,28-,29-,30-,31-/m0/s1. The Morgan fingerprint density at radius 2 is 1.80 bits per heavy atom. The van der Waals surface area contributed by atoms with E-state index in [1.807, 2.05) is 53.6 Å². The van der Waals surface area contributed by atoms with Gasteiger partial charge >= 0.3 is 5.97 Å². The minimum atomic E-state index is -1.15. The predicted molar refractivity (Wildman–Crippen MR) is 152 cm³/mol. The molecule has 0 bridgehead atoms. The molecular formula is C31H51NO9. The molecule has 3 heterocycles. The van der Waals surface area contributed by atoms with Gasteiger partial charge in [0.15, 0.2) is 12.1 Å². The van der Waals surface area contributed by atoms with E-state index in [1.165, 1.54) is 0 Å². The van der Waals surface area contributed by atoms with E-state index in [0.29, 0.717) is 19.3 Å². The zero-order chi connectivity index (χ0) is 30.6. The summed E-state index contributed by atoms with van der Waals surface area (Å²) in [6.45, 7) is 11.3. The van der Waals surface area contributed by atoms with Gasteiger partial charge in [-0.15, -0.1) is 0 Å². The Hall–Kier alpha value is -1.69. The van der Waals surface area contributed by atoms with Gasteiger partial charge in [0.1, 0.15) is 24.1 Å². The van der Waals surface area contributed by atoms with Crippen molar-refractivity contribution in [1.82, 2.24) is 4.90 Å². The maximum Gasteiger partial charge on any atom is 0.308 e. The molecule has 0 spiro atoms. The van der Waals surface area contributed by atoms with Crippen molar-refractivity contribution >= 4 is 18.0 Å². The van der Waals surface area contributed by atoms with Crippen LogP contribution in [-0.2, 0) is 33.3 Å². The van der Waals surface area contributed by atoms with Gasteiger partial charge in [-0.3, -0.25) is 9.59 Å². The minimum absolute atomic E-state index is 0.0707. The number of cyclic esters (lactones) is 1. The number of epoxide rings is 1. The fraction of sp³-hybridized carbons (Fsp3) is 0.839. The first-order valence-corrected chi connectivity index (χ1v) is 15.1. The van der Waals surface area contributed by atoms with E-state index in [9.17, 15) is 24.6 Å². The van der Waals surface area contributed by atoms with E-state index in [2.05, 4.69) is 0 Å². The van der Waals surface area contributed by atoms with Crippen molar-refractivity contribution < 1.29 is 43.5 Å². The molecule has 0 aromatic rings. The third-order valence-electron chi connectivity index (χ3n) is 9.29. The molecule has 10 heteroatoms. The van der Waals surface area contributed by atoms with E-state index in [1.54, 1.807) is 19.1 Å². The van der Waals surface area contributed by atoms with Crippen LogP contribution in [0, 0.1) is 23.7 Å². The second-order valence-electron chi connectivity index (χ2n) is 12.9. The average molecular weight is 582 g/mol. The molecule has 3 rings (SSSR count). The van der Waals surface area contributed by atoms with Crippen molar-refractivity contribution in [2.45, 2.75) is 128 Å². The topological polar surface area (TPSA) is 135 Å². The molecule has 10 nitrogen and oxygen atoms in total. The Balaban J connectivity index is 1.95. The maximum atomic E-state index is 13.2. The fourth-order valence-corrected chi connectivity index (χ4v) is 6.50. The summed E-state index contributed by atoms with van der Waals surface area (Å²) < 4.78 is 24.2. The number of fused-ring (bicyclic) bond motifs is 1. The van der Waals surface area contributed by atoms with Crippen LogP contribution in [0.1, 0.15) is 73.6 Å². The molecule has 0 radical (unpaired) electrons. The molecule has 3 aliphatic heterocycles. The van der Waals surface area contributed by atoms with Gasteiger partial charge in [0.05, 0.1) is 30.8 Å². The molecule has 0 unspecified atom stereocenters. The Morgan fingerprint density at radius 1 is 1.12 bits per heavy atom. The van der Waals surface area contributed by atoms with Crippen molar-refractivity contribution in [2.75, 3.05) is 14.1 Å². The van der Waals surface area contributed by atoms with Crippen LogP contribution in [0.25, 0.3) is 0 Å². The van der Waals surface area contributed by atoms with Crippen LogP contribution in [0.3, 0.4) is 0 Å². The van der Waals surface area contributed by atoms with Gasteiger partial charge in [-0.05, 0) is 65.3 Å². The molecule has 234 valence electrons. The molecule has 2 fully saturated rings. The van der Waals surface area contributed by atoms with Gasteiger partial charge in [-0.2, -0.15) is 0 Å². The van der Waals surface area contributed by atoms with Crippen LogP contribution >= 0.6 is 0 Å². The first-order chi connectivity index (χ1) is 19.2. The number of allylic oxidation sites excluding steroid dienone is 1. The Kier molecular flexibility index (Phi) is 11.7. The molecule has 41 heavy (non-hydrogen) atoms. The number of likely N-dealkylation sites (N-methyl/N-ethyl adjacent to an activating group) is 1. The molecule has 0 amide bonds. The number of nitrogens with zero attached hydrogens (tertiary/aromatic N) is 1. The smallest absolute Gasteiger partial charge is 0.308 e. The lowest BCUT2D eigenvalue weighted by Gasteiger charge is -2.44. The highest BCUT2D eigenvalue weighted by Crippen LogP contribution is 2.45. The van der Waals surface area contributed by atoms with Gasteiger partial charge in [0, 0.05) is 30.2 Å². The highest BCUT2D eigenvalue weighted by Gasteiger charge is 2.55. The first-order valence-electron chi connectivity index (χ1n) is 15.1. The van der Waals surface area contributed by atoms with E-state index in [0.717, 1.165) is 6.29 Å². The third-order valence-corrected chi connectivity index (χ3v) is 9.29. The van der Waals surface area contributed by atoms with Crippen LogP contribution in [0.4, 0.5) is 0 Å². The van der Waals surface area contributed by atoms with Gasteiger partial charge in [-0.25, -0.2) is 0 Å². The minimum Gasteiger partial charge on any atom is -0.462 e. The summed E-state index contributed by atoms with van der Waals surface area (Å²) in [5.74, 6) is -2.32. The van der Waals surface area contributed by atoms with E-state index in [4.69, 9.17) is 18.9 Å². The van der Waals surface area contributed by atoms with Crippen LogP contribution in [0.15, 0.2) is 12.2 Å². The normalized spacial score (nSPS) is 45.5. The number of carbonyl (C=O) groups excluding carboxylic acids is 3. The average Bonchev–Trinajstić information content (AvgIpc) is 3.60. The number of ketones is 1. The highest BCUT2D eigenvalue weighted by molar-refractivity contribution is 5.91. The summed E-state index contributed by atoms with van der Waals surface area (Å²) in [6, 6.07) is -0.219. The number of esters is 1. The van der Waals surface area contributed by atoms with Crippen molar-refractivity contribution in [2.24, 2.45) is 23.7 Å². The van der Waals surface area contributed by atoms with Crippen LogP contribution in [0.2, 0.25) is 0 Å². The predicted octanol–water partition coefficient (Wildman–Crippen LogP) is 2.67. The largest absolute Gasteiger partial charge is 0.462 e. The fourth-order valence-electron chi connectivity index (χ4n) is 6.50. The monoisotopic (exact) mass is 581 g/mol. The quantitative estimate of drug-likeness (QED) is 0.274. The van der Waals surface area contributed by atoms with Crippen molar-refractivity contribution in [3.05, 3.63) is 12.2 Å². The molecule has 13 atom stereocenters. The molecule has 0 aromatic heterocycles. The lowest BCUT2D eigenvalue weighted by atomic mass is 9.79. The highest BCUT2D eigenvalue weighted by atomic mass is 16.7. The summed E-state index contributed by atoms with van der Waals surface area (Å²) in [4.78, 5) is 40.0. The van der Waals surface area contributed by atoms with E-state index >= 15 is 0 Å². The Morgan fingerprint density at radius 3 is 2.41 bits per heavy atom. The van der Waals surface area contributed by atoms with Gasteiger partial charge in [0.25, 0.3) is 0 Å². The molecule has 2 N–H and O–H groups in total. The summed E-state index contributed by atoms with van der Waals surface area (Å²) in [5, 5.41) is 22.4. The van der Waals surface area contributed by atoms with E-state index < -0.39 is 60.0 Å². The summed E-state index contributed by atoms with van der Waals surface area (Å²) >= 11 is 0. The number of ether oxygens (including phenoxy) is 4. The van der Waals surface area contributed by atoms with Crippen LogP contribution in [-0.4, -0.2) is 102 Å². The maximum absolute atomic E-state index is 13.2. The molecule has 0 aromatic carbocycles. The lowest BCUT2D eigenvalue weighted by molar-refractivity contribution is -0.283. The number of hydrogen-bond donors (Lipinski definition) is 2. The van der Waals surface area contributed by atoms with Crippen molar-refractivity contribution in [3.8, 4) is 0 Å². The number of aldehydes is 1. The molecule has 2 saturated heterocycles. The third kappa shape index (κ3) is 8.24. The molecular weight excluding hydrogens is 530 g/mol. The van der Waals surface area contributed by atoms with E-state index in [-0.39, 0.29) is 42.8 Å². The Bertz CT molecular complexity index is 941. The summed E-state index contributed by atoms with van der Waals surface area (Å²) in [7, 11) is 3.76. The van der Waals surface area contributed by atoms with Crippen molar-refractivity contribution in [3.63, 3.8) is 0 Å².